The number of rotatable bonds is 4. The van der Waals surface area contributed by atoms with E-state index in [2.05, 4.69) is 0 Å². The van der Waals surface area contributed by atoms with Gasteiger partial charge in [-0.2, -0.15) is 8.78 Å². The number of hydrogen-bond acceptors (Lipinski definition) is 3. The van der Waals surface area contributed by atoms with Crippen LogP contribution in [-0.4, -0.2) is 22.9 Å². The maximum atomic E-state index is 13.6. The molecule has 1 fully saturated rings. The fourth-order valence-electron chi connectivity index (χ4n) is 3.34. The van der Waals surface area contributed by atoms with Crippen molar-refractivity contribution in [2.45, 2.75) is 51.8 Å². The van der Waals surface area contributed by atoms with E-state index in [1.165, 1.54) is 12.1 Å². The smallest absolute Gasteiger partial charge is 0.290 e. The maximum Gasteiger partial charge on any atom is 0.290 e. The van der Waals surface area contributed by atoms with Crippen molar-refractivity contribution in [3.8, 4) is 5.75 Å². The molecule has 0 spiro atoms. The Balaban J connectivity index is 1.73. The Hall–Kier alpha value is -2.51. The summed E-state index contributed by atoms with van der Waals surface area (Å²) in [7, 11) is 0. The van der Waals surface area contributed by atoms with Crippen LogP contribution in [0.5, 0.6) is 5.75 Å². The number of ether oxygens (including phenoxy) is 1. The van der Waals surface area contributed by atoms with Crippen LogP contribution >= 0.6 is 0 Å². The number of benzene rings is 1. The van der Waals surface area contributed by atoms with Gasteiger partial charge >= 0.3 is 0 Å². The van der Waals surface area contributed by atoms with Crippen LogP contribution in [0.1, 0.15) is 49.4 Å². The van der Waals surface area contributed by atoms with E-state index in [0.29, 0.717) is 0 Å². The van der Waals surface area contributed by atoms with Gasteiger partial charge < -0.3 is 14.1 Å². The zero-order chi connectivity index (χ0) is 19.7. The van der Waals surface area contributed by atoms with Crippen LogP contribution in [0.4, 0.5) is 17.6 Å². The van der Waals surface area contributed by atoms with Crippen molar-refractivity contribution in [3.05, 3.63) is 53.0 Å². The Labute approximate surface area is 153 Å². The standard InChI is InChI=1S/C19H19F4NO3/c1-10-4-3-5-11(2)24(10)19(25)15-7-6-12(27-15)9-26-18-16(22)13(20)8-14(21)17(18)23/h6-8,10-11H,3-5,9H2,1-2H3. The van der Waals surface area contributed by atoms with Gasteiger partial charge in [-0.3, -0.25) is 4.79 Å². The normalized spacial score (nSPS) is 20.0. The maximum absolute atomic E-state index is 13.6. The third-order valence-corrected chi connectivity index (χ3v) is 4.73. The monoisotopic (exact) mass is 385 g/mol. The van der Waals surface area contributed by atoms with E-state index in [1.54, 1.807) is 4.90 Å². The molecule has 0 bridgehead atoms. The Bertz CT molecular complexity index is 815. The summed E-state index contributed by atoms with van der Waals surface area (Å²) >= 11 is 0. The van der Waals surface area contributed by atoms with E-state index in [0.717, 1.165) is 19.3 Å². The Kier molecular flexibility index (Phi) is 5.43. The van der Waals surface area contributed by atoms with E-state index in [4.69, 9.17) is 9.15 Å². The summed E-state index contributed by atoms with van der Waals surface area (Å²) < 4.78 is 63.9. The zero-order valence-corrected chi connectivity index (χ0v) is 14.9. The van der Waals surface area contributed by atoms with Gasteiger partial charge in [0.25, 0.3) is 5.91 Å². The Morgan fingerprint density at radius 2 is 1.70 bits per heavy atom. The quantitative estimate of drug-likeness (QED) is 0.560. The molecule has 3 rings (SSSR count). The van der Waals surface area contributed by atoms with Crippen LogP contribution in [0, 0.1) is 23.3 Å². The highest BCUT2D eigenvalue weighted by Crippen LogP contribution is 2.28. The van der Waals surface area contributed by atoms with Crippen molar-refractivity contribution >= 4 is 5.91 Å². The van der Waals surface area contributed by atoms with E-state index >= 15 is 0 Å². The SMILES string of the molecule is CC1CCCC(C)N1C(=O)c1ccc(COc2c(F)c(F)cc(F)c2F)o1. The number of furan rings is 1. The predicted octanol–water partition coefficient (Wildman–Crippen LogP) is 4.82. The van der Waals surface area contributed by atoms with Crippen LogP contribution in [-0.2, 0) is 6.61 Å². The van der Waals surface area contributed by atoms with Crippen LogP contribution in [0.15, 0.2) is 22.6 Å². The summed E-state index contributed by atoms with van der Waals surface area (Å²) in [6.07, 6.45) is 2.84. The van der Waals surface area contributed by atoms with Gasteiger partial charge in [0.1, 0.15) is 12.4 Å². The summed E-state index contributed by atoms with van der Waals surface area (Å²) in [5, 5.41) is 0. The first-order chi connectivity index (χ1) is 12.8. The summed E-state index contributed by atoms with van der Waals surface area (Å²) in [6.45, 7) is 3.43. The number of amides is 1. The zero-order valence-electron chi connectivity index (χ0n) is 14.9. The molecule has 2 heterocycles. The molecule has 1 aromatic heterocycles. The van der Waals surface area contributed by atoms with Gasteiger partial charge in [0.05, 0.1) is 0 Å². The first-order valence-electron chi connectivity index (χ1n) is 8.66. The van der Waals surface area contributed by atoms with Crippen molar-refractivity contribution in [1.29, 1.82) is 0 Å². The molecule has 1 saturated heterocycles. The molecule has 0 radical (unpaired) electrons. The molecule has 2 atom stereocenters. The number of likely N-dealkylation sites (tertiary alicyclic amines) is 1. The lowest BCUT2D eigenvalue weighted by Crippen LogP contribution is -2.47. The van der Waals surface area contributed by atoms with Crippen LogP contribution in [0.3, 0.4) is 0 Å². The lowest BCUT2D eigenvalue weighted by molar-refractivity contribution is 0.0474. The molecule has 146 valence electrons. The molecule has 0 aliphatic carbocycles. The van der Waals surface area contributed by atoms with Gasteiger partial charge in [0, 0.05) is 18.2 Å². The van der Waals surface area contributed by atoms with E-state index in [1.807, 2.05) is 13.8 Å². The van der Waals surface area contributed by atoms with Gasteiger partial charge in [-0.25, -0.2) is 8.78 Å². The van der Waals surface area contributed by atoms with Crippen LogP contribution < -0.4 is 4.74 Å². The molecule has 1 aromatic carbocycles. The summed E-state index contributed by atoms with van der Waals surface area (Å²) in [5.74, 6) is -7.68. The van der Waals surface area contributed by atoms with Crippen molar-refractivity contribution in [2.24, 2.45) is 0 Å². The summed E-state index contributed by atoms with van der Waals surface area (Å²) in [4.78, 5) is 14.4. The lowest BCUT2D eigenvalue weighted by atomic mass is 9.97. The van der Waals surface area contributed by atoms with Gasteiger partial charge in [-0.15, -0.1) is 0 Å². The highest BCUT2D eigenvalue weighted by molar-refractivity contribution is 5.92. The van der Waals surface area contributed by atoms with Gasteiger partial charge in [-0.1, -0.05) is 0 Å². The third-order valence-electron chi connectivity index (χ3n) is 4.73. The van der Waals surface area contributed by atoms with Crippen LogP contribution in [0.25, 0.3) is 0 Å². The van der Waals surface area contributed by atoms with Crippen LogP contribution in [0.2, 0.25) is 0 Å². The van der Waals surface area contributed by atoms with Gasteiger partial charge in [0.15, 0.2) is 23.1 Å². The number of piperidine rings is 1. The molecule has 0 saturated carbocycles. The highest BCUT2D eigenvalue weighted by Gasteiger charge is 2.31. The average Bonchev–Trinajstić information content (AvgIpc) is 3.09. The minimum Gasteiger partial charge on any atom is -0.479 e. The largest absolute Gasteiger partial charge is 0.479 e. The Morgan fingerprint density at radius 1 is 1.11 bits per heavy atom. The molecule has 1 aliphatic rings. The first-order valence-corrected chi connectivity index (χ1v) is 8.66. The predicted molar refractivity (Wildman–Crippen MR) is 88.3 cm³/mol. The number of halogens is 4. The van der Waals surface area contributed by atoms with Gasteiger partial charge in [0.2, 0.25) is 11.6 Å². The van der Waals surface area contributed by atoms with E-state index in [-0.39, 0.29) is 35.6 Å². The second-order valence-electron chi connectivity index (χ2n) is 6.69. The molecule has 2 unspecified atom stereocenters. The number of nitrogens with zero attached hydrogens (tertiary/aromatic N) is 1. The lowest BCUT2D eigenvalue weighted by Gasteiger charge is -2.38. The Morgan fingerprint density at radius 3 is 2.30 bits per heavy atom. The van der Waals surface area contributed by atoms with Crippen molar-refractivity contribution in [3.63, 3.8) is 0 Å². The van der Waals surface area contributed by atoms with Crippen molar-refractivity contribution < 1.29 is 31.5 Å². The molecular formula is C19H19F4NO3. The van der Waals surface area contributed by atoms with Crippen molar-refractivity contribution in [2.75, 3.05) is 0 Å². The second kappa shape index (κ2) is 7.62. The fraction of sp³-hybridized carbons (Fsp3) is 0.421. The minimum absolute atomic E-state index is 0.0700. The third kappa shape index (κ3) is 3.79. The second-order valence-corrected chi connectivity index (χ2v) is 6.69. The number of carbonyl (C=O) groups is 1. The first kappa shape index (κ1) is 19.3. The molecule has 1 aliphatic heterocycles. The molecule has 27 heavy (non-hydrogen) atoms. The topological polar surface area (TPSA) is 42.7 Å². The summed E-state index contributed by atoms with van der Waals surface area (Å²) in [5.41, 5.74) is 0. The van der Waals surface area contributed by atoms with Crippen molar-refractivity contribution in [1.82, 2.24) is 4.90 Å². The molecular weight excluding hydrogens is 366 g/mol. The molecule has 0 N–H and O–H groups in total. The molecule has 1 amide bonds. The summed E-state index contributed by atoms with van der Waals surface area (Å²) in [6, 6.07) is 3.10. The highest BCUT2D eigenvalue weighted by atomic mass is 19.2. The van der Waals surface area contributed by atoms with E-state index < -0.39 is 35.6 Å². The molecule has 8 heteroatoms. The number of hydrogen-bond donors (Lipinski definition) is 0. The fourth-order valence-corrected chi connectivity index (χ4v) is 3.34. The molecule has 2 aromatic rings. The average molecular weight is 385 g/mol. The molecule has 4 nitrogen and oxygen atoms in total. The van der Waals surface area contributed by atoms with Gasteiger partial charge in [-0.05, 0) is 45.2 Å². The minimum atomic E-state index is -1.63. The number of carbonyl (C=O) groups excluding carboxylic acids is 1. The van der Waals surface area contributed by atoms with E-state index in [9.17, 15) is 22.4 Å².